The minimum Gasteiger partial charge on any atom is -0.369 e. The first-order valence-electron chi connectivity index (χ1n) is 7.45. The van der Waals surface area contributed by atoms with Crippen molar-refractivity contribution in [2.75, 3.05) is 27.2 Å². The van der Waals surface area contributed by atoms with Gasteiger partial charge in [0.2, 0.25) is 15.9 Å². The van der Waals surface area contributed by atoms with Gasteiger partial charge in [-0.15, -0.1) is 0 Å². The fourth-order valence-electron chi connectivity index (χ4n) is 2.58. The predicted molar refractivity (Wildman–Crippen MR) is 90.1 cm³/mol. The summed E-state index contributed by atoms with van der Waals surface area (Å²) < 4.78 is 25.5. The van der Waals surface area contributed by atoms with Crippen molar-refractivity contribution >= 4 is 33.4 Å². The Morgan fingerprint density at radius 2 is 1.83 bits per heavy atom. The van der Waals surface area contributed by atoms with Crippen LogP contribution in [0.2, 0.25) is 5.02 Å². The van der Waals surface area contributed by atoms with E-state index in [2.05, 4.69) is 0 Å². The lowest BCUT2D eigenvalue weighted by Gasteiger charge is -2.31. The Bertz CT molecular complexity index is 756. The number of amides is 2. The molecule has 1 aromatic rings. The SMILES string of the molecule is CN(C)S(=O)(=O)c1ccc(Cl)c(C(=O)N2CCC(C(N)=O)CC2)c1. The summed E-state index contributed by atoms with van der Waals surface area (Å²) in [4.78, 5) is 25.4. The van der Waals surface area contributed by atoms with Crippen LogP contribution in [0.5, 0.6) is 0 Å². The van der Waals surface area contributed by atoms with Crippen LogP contribution < -0.4 is 5.73 Å². The zero-order valence-corrected chi connectivity index (χ0v) is 15.1. The zero-order valence-electron chi connectivity index (χ0n) is 13.5. The summed E-state index contributed by atoms with van der Waals surface area (Å²) in [6.07, 6.45) is 0.989. The third-order valence-corrected chi connectivity index (χ3v) is 6.27. The molecule has 7 nitrogen and oxygen atoms in total. The molecule has 0 saturated carbocycles. The number of nitrogens with zero attached hydrogens (tertiary/aromatic N) is 2. The van der Waals surface area contributed by atoms with E-state index in [1.807, 2.05) is 0 Å². The molecule has 24 heavy (non-hydrogen) atoms. The van der Waals surface area contributed by atoms with E-state index in [4.69, 9.17) is 17.3 Å². The van der Waals surface area contributed by atoms with E-state index < -0.39 is 10.0 Å². The smallest absolute Gasteiger partial charge is 0.255 e. The Balaban J connectivity index is 2.26. The lowest BCUT2D eigenvalue weighted by atomic mass is 9.96. The highest BCUT2D eigenvalue weighted by Gasteiger charge is 2.28. The maximum absolute atomic E-state index is 12.7. The van der Waals surface area contributed by atoms with Crippen LogP contribution >= 0.6 is 11.6 Å². The molecule has 1 aliphatic rings. The molecule has 9 heteroatoms. The van der Waals surface area contributed by atoms with E-state index in [9.17, 15) is 18.0 Å². The molecule has 1 fully saturated rings. The number of hydrogen-bond donors (Lipinski definition) is 1. The van der Waals surface area contributed by atoms with Crippen molar-refractivity contribution in [3.05, 3.63) is 28.8 Å². The summed E-state index contributed by atoms with van der Waals surface area (Å²) in [7, 11) is -0.824. The zero-order chi connectivity index (χ0) is 18.1. The first kappa shape index (κ1) is 18.7. The van der Waals surface area contributed by atoms with Crippen LogP contribution in [0.4, 0.5) is 0 Å². The average Bonchev–Trinajstić information content (AvgIpc) is 2.54. The van der Waals surface area contributed by atoms with Crippen LogP contribution in [0.15, 0.2) is 23.1 Å². The molecule has 1 aliphatic heterocycles. The van der Waals surface area contributed by atoms with Crippen LogP contribution in [0, 0.1) is 5.92 Å². The Morgan fingerprint density at radius 1 is 1.25 bits per heavy atom. The van der Waals surface area contributed by atoms with Gasteiger partial charge in [0.25, 0.3) is 5.91 Å². The van der Waals surface area contributed by atoms with Gasteiger partial charge in [0.1, 0.15) is 0 Å². The standard InChI is InChI=1S/C15H20ClN3O4S/c1-18(2)24(22,23)11-3-4-13(16)12(9-11)15(21)19-7-5-10(6-8-19)14(17)20/h3-4,9-10H,5-8H2,1-2H3,(H2,17,20). The highest BCUT2D eigenvalue weighted by molar-refractivity contribution is 7.89. The van der Waals surface area contributed by atoms with Gasteiger partial charge in [0.05, 0.1) is 15.5 Å². The number of benzene rings is 1. The van der Waals surface area contributed by atoms with E-state index in [-0.39, 0.29) is 33.2 Å². The molecule has 2 amide bonds. The molecule has 2 rings (SSSR count). The summed E-state index contributed by atoms with van der Waals surface area (Å²) in [5.74, 6) is -0.942. The minimum absolute atomic E-state index is 0.00673. The van der Waals surface area contributed by atoms with Gasteiger partial charge in [0.15, 0.2) is 0 Å². The largest absolute Gasteiger partial charge is 0.369 e. The number of hydrogen-bond acceptors (Lipinski definition) is 4. The van der Waals surface area contributed by atoms with E-state index in [1.54, 1.807) is 4.90 Å². The number of halogens is 1. The Labute approximate surface area is 146 Å². The maximum atomic E-state index is 12.7. The number of carbonyl (C=O) groups is 2. The lowest BCUT2D eigenvalue weighted by molar-refractivity contribution is -0.123. The fourth-order valence-corrected chi connectivity index (χ4v) is 3.70. The number of rotatable bonds is 4. The van der Waals surface area contributed by atoms with Gasteiger partial charge in [-0.3, -0.25) is 9.59 Å². The number of piperidine rings is 1. The van der Waals surface area contributed by atoms with E-state index in [0.717, 1.165) is 4.31 Å². The number of sulfonamides is 1. The molecule has 2 N–H and O–H groups in total. The van der Waals surface area contributed by atoms with E-state index in [1.165, 1.54) is 32.3 Å². The summed E-state index contributed by atoms with van der Waals surface area (Å²) in [5.41, 5.74) is 5.42. The average molecular weight is 374 g/mol. The van der Waals surface area contributed by atoms with Crippen LogP contribution in [0.1, 0.15) is 23.2 Å². The molecule has 0 radical (unpaired) electrons. The molecule has 132 valence electrons. The third-order valence-electron chi connectivity index (χ3n) is 4.13. The second kappa shape index (κ2) is 7.08. The Kier molecular flexibility index (Phi) is 5.52. The minimum atomic E-state index is -3.66. The van der Waals surface area contributed by atoms with Gasteiger partial charge in [-0.2, -0.15) is 0 Å². The van der Waals surface area contributed by atoms with Crippen molar-refractivity contribution in [2.45, 2.75) is 17.7 Å². The molecule has 0 spiro atoms. The van der Waals surface area contributed by atoms with Crippen LogP contribution in [-0.2, 0) is 14.8 Å². The van der Waals surface area contributed by atoms with Gasteiger partial charge in [0, 0.05) is 33.1 Å². The Hall–Kier alpha value is -1.64. The Morgan fingerprint density at radius 3 is 2.33 bits per heavy atom. The van der Waals surface area contributed by atoms with E-state index >= 15 is 0 Å². The number of primary amides is 1. The van der Waals surface area contributed by atoms with Gasteiger partial charge in [-0.25, -0.2) is 12.7 Å². The monoisotopic (exact) mass is 373 g/mol. The molecular formula is C15H20ClN3O4S. The van der Waals surface area contributed by atoms with Gasteiger partial charge < -0.3 is 10.6 Å². The lowest BCUT2D eigenvalue weighted by Crippen LogP contribution is -2.41. The molecule has 0 aliphatic carbocycles. The predicted octanol–water partition coefficient (Wildman–Crippen LogP) is 0.928. The number of likely N-dealkylation sites (tertiary alicyclic amines) is 1. The second-order valence-corrected chi connectivity index (χ2v) is 8.46. The van der Waals surface area contributed by atoms with Crippen molar-refractivity contribution < 1.29 is 18.0 Å². The molecule has 0 unspecified atom stereocenters. The fraction of sp³-hybridized carbons (Fsp3) is 0.467. The molecular weight excluding hydrogens is 354 g/mol. The topological polar surface area (TPSA) is 101 Å². The summed E-state index contributed by atoms with van der Waals surface area (Å²) in [5, 5.41) is 0.190. The van der Waals surface area contributed by atoms with Gasteiger partial charge in [-0.05, 0) is 31.0 Å². The molecule has 0 aromatic heterocycles. The molecule has 1 saturated heterocycles. The second-order valence-electron chi connectivity index (χ2n) is 5.90. The van der Waals surface area contributed by atoms with Crippen molar-refractivity contribution in [1.82, 2.24) is 9.21 Å². The van der Waals surface area contributed by atoms with Gasteiger partial charge in [-0.1, -0.05) is 11.6 Å². The quantitative estimate of drug-likeness (QED) is 0.848. The number of carbonyl (C=O) groups excluding carboxylic acids is 2. The van der Waals surface area contributed by atoms with Crippen molar-refractivity contribution in [3.8, 4) is 0 Å². The van der Waals surface area contributed by atoms with Crippen molar-refractivity contribution in [1.29, 1.82) is 0 Å². The van der Waals surface area contributed by atoms with Crippen LogP contribution in [0.25, 0.3) is 0 Å². The third kappa shape index (κ3) is 3.71. The first-order chi connectivity index (χ1) is 11.1. The summed E-state index contributed by atoms with van der Waals surface area (Å²) in [6.45, 7) is 0.765. The van der Waals surface area contributed by atoms with E-state index in [0.29, 0.717) is 25.9 Å². The van der Waals surface area contributed by atoms with Crippen molar-refractivity contribution in [3.63, 3.8) is 0 Å². The summed E-state index contributed by atoms with van der Waals surface area (Å²) >= 11 is 6.09. The van der Waals surface area contributed by atoms with Crippen molar-refractivity contribution in [2.24, 2.45) is 11.7 Å². The highest BCUT2D eigenvalue weighted by atomic mass is 35.5. The maximum Gasteiger partial charge on any atom is 0.255 e. The molecule has 0 atom stereocenters. The van der Waals surface area contributed by atoms with Gasteiger partial charge >= 0.3 is 0 Å². The molecule has 1 aromatic carbocycles. The van der Waals surface area contributed by atoms with Crippen LogP contribution in [-0.4, -0.2) is 56.6 Å². The highest BCUT2D eigenvalue weighted by Crippen LogP contribution is 2.25. The van der Waals surface area contributed by atoms with Crippen LogP contribution in [0.3, 0.4) is 0 Å². The molecule has 1 heterocycles. The number of nitrogens with two attached hydrogens (primary N) is 1. The summed E-state index contributed by atoms with van der Waals surface area (Å²) in [6, 6.07) is 4.06. The molecule has 0 bridgehead atoms. The normalized spacial score (nSPS) is 16.4. The first-order valence-corrected chi connectivity index (χ1v) is 9.27.